The highest BCUT2D eigenvalue weighted by Gasteiger charge is 2.22. The Morgan fingerprint density at radius 3 is 2.70 bits per heavy atom. The first kappa shape index (κ1) is 23.2. The lowest BCUT2D eigenvalue weighted by Crippen LogP contribution is -2.29. The molecule has 1 fully saturated rings. The Balaban J connectivity index is 1.69. The summed E-state index contributed by atoms with van der Waals surface area (Å²) in [6, 6.07) is 6.45. The Labute approximate surface area is 195 Å². The lowest BCUT2D eigenvalue weighted by molar-refractivity contribution is 0.0952. The summed E-state index contributed by atoms with van der Waals surface area (Å²) in [5, 5.41) is 11.9. The van der Waals surface area contributed by atoms with Gasteiger partial charge in [0.25, 0.3) is 11.5 Å². The average Bonchev–Trinajstić information content (AvgIpc) is 3.23. The Bertz CT molecular complexity index is 1200. The van der Waals surface area contributed by atoms with Gasteiger partial charge < -0.3 is 15.6 Å². The van der Waals surface area contributed by atoms with E-state index in [9.17, 15) is 9.59 Å². The topological polar surface area (TPSA) is 91.8 Å². The lowest BCUT2D eigenvalue weighted by atomic mass is 9.88. The fourth-order valence-corrected chi connectivity index (χ4v) is 4.89. The molecule has 33 heavy (non-hydrogen) atoms. The number of carbonyl (C=O) groups excluding carboxylic acids is 1. The van der Waals surface area contributed by atoms with Crippen LogP contribution in [0.4, 0.5) is 0 Å². The van der Waals surface area contributed by atoms with Crippen LogP contribution >= 0.6 is 0 Å². The van der Waals surface area contributed by atoms with Gasteiger partial charge in [0.15, 0.2) is 0 Å². The van der Waals surface area contributed by atoms with Crippen LogP contribution in [0.25, 0.3) is 10.9 Å². The number of amides is 1. The van der Waals surface area contributed by atoms with Crippen molar-refractivity contribution in [1.82, 2.24) is 25.4 Å². The Kier molecular flexibility index (Phi) is 6.98. The zero-order valence-electron chi connectivity index (χ0n) is 20.1. The molecule has 0 saturated carbocycles. The van der Waals surface area contributed by atoms with Crippen LogP contribution in [0.2, 0.25) is 0 Å². The predicted molar refractivity (Wildman–Crippen MR) is 132 cm³/mol. The number of benzene rings is 1. The molecule has 3 N–H and O–H groups in total. The summed E-state index contributed by atoms with van der Waals surface area (Å²) in [5.41, 5.74) is 5.17. The van der Waals surface area contributed by atoms with Gasteiger partial charge in [0.2, 0.25) is 0 Å². The van der Waals surface area contributed by atoms with Gasteiger partial charge in [-0.2, -0.15) is 5.10 Å². The summed E-state index contributed by atoms with van der Waals surface area (Å²) in [6.07, 6.45) is 5.66. The van der Waals surface area contributed by atoms with Crippen LogP contribution in [-0.2, 0) is 13.0 Å². The molecule has 0 radical (unpaired) electrons. The fourth-order valence-electron chi connectivity index (χ4n) is 4.89. The van der Waals surface area contributed by atoms with Crippen LogP contribution < -0.4 is 16.2 Å². The minimum Gasteiger partial charge on any atom is -0.348 e. The van der Waals surface area contributed by atoms with Crippen molar-refractivity contribution in [2.24, 2.45) is 0 Å². The second-order valence-electron chi connectivity index (χ2n) is 9.43. The molecule has 1 aliphatic rings. The van der Waals surface area contributed by atoms with Gasteiger partial charge >= 0.3 is 0 Å². The SMILES string of the molecule is CCCc1cc(C)[nH]c(=O)c1CNC(=O)c1cc(C2CCNCC2)cc2c1cnn2C(C)C. The predicted octanol–water partition coefficient (Wildman–Crippen LogP) is 3.96. The largest absolute Gasteiger partial charge is 0.348 e. The molecule has 0 atom stereocenters. The van der Waals surface area contributed by atoms with Gasteiger partial charge in [0.05, 0.1) is 17.3 Å². The number of fused-ring (bicyclic) bond motifs is 1. The van der Waals surface area contributed by atoms with Crippen molar-refractivity contribution in [3.8, 4) is 0 Å². The third kappa shape index (κ3) is 4.88. The number of H-pyrrole nitrogens is 1. The van der Waals surface area contributed by atoms with E-state index in [1.165, 1.54) is 5.56 Å². The highest BCUT2D eigenvalue weighted by Crippen LogP contribution is 2.31. The summed E-state index contributed by atoms with van der Waals surface area (Å²) in [6.45, 7) is 10.4. The third-order valence-corrected chi connectivity index (χ3v) is 6.59. The molecule has 1 saturated heterocycles. The lowest BCUT2D eigenvalue weighted by Gasteiger charge is -2.24. The first-order valence-electron chi connectivity index (χ1n) is 12.1. The first-order valence-corrected chi connectivity index (χ1v) is 12.1. The number of aromatic nitrogens is 3. The molecule has 2 aromatic heterocycles. The van der Waals surface area contributed by atoms with Crippen LogP contribution in [0, 0.1) is 6.92 Å². The molecule has 0 spiro atoms. The van der Waals surface area contributed by atoms with Crippen molar-refractivity contribution in [3.63, 3.8) is 0 Å². The summed E-state index contributed by atoms with van der Waals surface area (Å²) in [5.74, 6) is 0.260. The molecule has 7 heteroatoms. The number of aryl methyl sites for hydroxylation is 2. The maximum absolute atomic E-state index is 13.4. The van der Waals surface area contributed by atoms with Crippen LogP contribution in [0.5, 0.6) is 0 Å². The van der Waals surface area contributed by atoms with Crippen molar-refractivity contribution in [3.05, 3.63) is 62.7 Å². The summed E-state index contributed by atoms with van der Waals surface area (Å²) in [7, 11) is 0. The number of carbonyl (C=O) groups is 1. The van der Waals surface area contributed by atoms with Gasteiger partial charge in [0, 0.05) is 29.2 Å². The van der Waals surface area contributed by atoms with Gasteiger partial charge in [-0.3, -0.25) is 14.3 Å². The van der Waals surface area contributed by atoms with E-state index in [-0.39, 0.29) is 24.1 Å². The van der Waals surface area contributed by atoms with Crippen molar-refractivity contribution < 1.29 is 4.79 Å². The highest BCUT2D eigenvalue weighted by molar-refractivity contribution is 6.06. The molecule has 1 aliphatic heterocycles. The van der Waals surface area contributed by atoms with Crippen molar-refractivity contribution in [2.45, 2.75) is 71.9 Å². The van der Waals surface area contributed by atoms with E-state index >= 15 is 0 Å². The molecular weight excluding hydrogens is 414 g/mol. The summed E-state index contributed by atoms with van der Waals surface area (Å²) >= 11 is 0. The Morgan fingerprint density at radius 1 is 1.24 bits per heavy atom. The molecule has 0 aliphatic carbocycles. The first-order chi connectivity index (χ1) is 15.9. The van der Waals surface area contributed by atoms with Crippen molar-refractivity contribution >= 4 is 16.8 Å². The number of piperidine rings is 1. The van der Waals surface area contributed by atoms with Gasteiger partial charge in [-0.1, -0.05) is 13.3 Å². The molecule has 176 valence electrons. The Morgan fingerprint density at radius 2 is 2.00 bits per heavy atom. The summed E-state index contributed by atoms with van der Waals surface area (Å²) < 4.78 is 1.99. The van der Waals surface area contributed by atoms with E-state index < -0.39 is 0 Å². The van der Waals surface area contributed by atoms with Crippen LogP contribution in [0.1, 0.15) is 84.7 Å². The van der Waals surface area contributed by atoms with Gasteiger partial charge in [-0.15, -0.1) is 0 Å². The zero-order valence-corrected chi connectivity index (χ0v) is 20.1. The number of nitrogens with one attached hydrogen (secondary N) is 3. The number of nitrogens with zero attached hydrogens (tertiary/aromatic N) is 2. The van der Waals surface area contributed by atoms with Crippen LogP contribution in [-0.4, -0.2) is 33.8 Å². The van der Waals surface area contributed by atoms with E-state index in [1.54, 1.807) is 6.20 Å². The fraction of sp³-hybridized carbons (Fsp3) is 0.500. The van der Waals surface area contributed by atoms with E-state index in [0.717, 1.165) is 60.9 Å². The standard InChI is InChI=1S/C26H35N5O2/c1-5-6-19-11-17(4)30-26(33)22(19)14-28-25(32)21-12-20(18-7-9-27-10-8-18)13-24-23(21)15-29-31(24)16(2)3/h11-13,15-16,18,27H,5-10,14H2,1-4H3,(H,28,32)(H,30,33). The number of rotatable bonds is 7. The monoisotopic (exact) mass is 449 g/mol. The molecule has 7 nitrogen and oxygen atoms in total. The molecule has 3 heterocycles. The zero-order chi connectivity index (χ0) is 23.5. The molecule has 1 aromatic carbocycles. The minimum atomic E-state index is -0.165. The normalized spacial score (nSPS) is 14.8. The molecule has 4 rings (SSSR count). The number of hydrogen-bond donors (Lipinski definition) is 3. The van der Waals surface area contributed by atoms with Crippen molar-refractivity contribution in [2.75, 3.05) is 13.1 Å². The third-order valence-electron chi connectivity index (χ3n) is 6.59. The molecule has 0 bridgehead atoms. The maximum Gasteiger partial charge on any atom is 0.253 e. The van der Waals surface area contributed by atoms with Crippen LogP contribution in [0.15, 0.2) is 29.2 Å². The number of hydrogen-bond acceptors (Lipinski definition) is 4. The second kappa shape index (κ2) is 9.91. The van der Waals surface area contributed by atoms with E-state index in [0.29, 0.717) is 17.0 Å². The second-order valence-corrected chi connectivity index (χ2v) is 9.43. The smallest absolute Gasteiger partial charge is 0.253 e. The average molecular weight is 450 g/mol. The van der Waals surface area contributed by atoms with E-state index in [1.807, 2.05) is 23.7 Å². The van der Waals surface area contributed by atoms with E-state index in [2.05, 4.69) is 47.6 Å². The Hall–Kier alpha value is -2.93. The quantitative estimate of drug-likeness (QED) is 0.509. The van der Waals surface area contributed by atoms with Crippen molar-refractivity contribution in [1.29, 1.82) is 0 Å². The van der Waals surface area contributed by atoms with Gasteiger partial charge in [-0.05, 0) is 88.4 Å². The number of pyridine rings is 1. The molecule has 0 unspecified atom stereocenters. The highest BCUT2D eigenvalue weighted by atomic mass is 16.1. The van der Waals surface area contributed by atoms with Crippen LogP contribution in [0.3, 0.4) is 0 Å². The summed E-state index contributed by atoms with van der Waals surface area (Å²) in [4.78, 5) is 28.9. The maximum atomic E-state index is 13.4. The molecular formula is C26H35N5O2. The van der Waals surface area contributed by atoms with Gasteiger partial charge in [-0.25, -0.2) is 0 Å². The van der Waals surface area contributed by atoms with Gasteiger partial charge in [0.1, 0.15) is 0 Å². The molecule has 1 amide bonds. The number of aromatic amines is 1. The van der Waals surface area contributed by atoms with E-state index in [4.69, 9.17) is 0 Å². The molecule has 3 aromatic rings. The minimum absolute atomic E-state index is 0.125.